The van der Waals surface area contributed by atoms with E-state index in [4.69, 9.17) is 0 Å². The molecule has 46 heavy (non-hydrogen) atoms. The van der Waals surface area contributed by atoms with Gasteiger partial charge in [0.15, 0.2) is 0 Å². The van der Waals surface area contributed by atoms with Gasteiger partial charge < -0.3 is 0 Å². The molecule has 0 saturated heterocycles. The zero-order chi connectivity index (χ0) is 38.3. The Morgan fingerprint density at radius 1 is 0.391 bits per heavy atom. The molecule has 0 aliphatic carbocycles. The first-order valence-electron chi connectivity index (χ1n) is 20.1. The van der Waals surface area contributed by atoms with Gasteiger partial charge in [0.05, 0.1) is 0 Å². The Morgan fingerprint density at radius 3 is 0.935 bits per heavy atom. The van der Waals surface area contributed by atoms with E-state index < -0.39 is 0 Å². The largest absolute Gasteiger partial charge is 0.0654 e. The van der Waals surface area contributed by atoms with Crippen molar-refractivity contribution in [3.05, 3.63) is 0 Å². The zero-order valence-corrected chi connectivity index (χ0v) is 38.3. The molecule has 0 aliphatic rings. The van der Waals surface area contributed by atoms with Crippen molar-refractivity contribution in [2.24, 2.45) is 62.6 Å². The average Bonchev–Trinajstić information content (AvgIpc) is 2.81. The second-order valence-electron chi connectivity index (χ2n) is 22.0. The molecule has 286 valence electrons. The minimum atomic E-state index is 0.495. The summed E-state index contributed by atoms with van der Waals surface area (Å²) in [5, 5.41) is 0. The molecule has 0 fully saturated rings. The summed E-state index contributed by atoms with van der Waals surface area (Å²) >= 11 is 0. The van der Waals surface area contributed by atoms with Crippen molar-refractivity contribution in [1.29, 1.82) is 0 Å². The van der Waals surface area contributed by atoms with Gasteiger partial charge in [0.25, 0.3) is 0 Å². The third-order valence-electron chi connectivity index (χ3n) is 9.83. The number of unbranched alkanes of at least 4 members (excludes halogenated alkanes) is 3. The van der Waals surface area contributed by atoms with E-state index >= 15 is 0 Å². The maximum Gasteiger partial charge on any atom is -0.0354 e. The van der Waals surface area contributed by atoms with Crippen LogP contribution in [0.4, 0.5) is 0 Å². The van der Waals surface area contributed by atoms with Crippen molar-refractivity contribution < 1.29 is 0 Å². The summed E-state index contributed by atoms with van der Waals surface area (Å²) < 4.78 is 0. The summed E-state index contributed by atoms with van der Waals surface area (Å²) in [6.07, 6.45) is 12.5. The van der Waals surface area contributed by atoms with Gasteiger partial charge in [-0.3, -0.25) is 0 Å². The average molecular weight is 655 g/mol. The van der Waals surface area contributed by atoms with Crippen molar-refractivity contribution in [3.8, 4) is 0 Å². The molecule has 3 atom stereocenters. The quantitative estimate of drug-likeness (QED) is 0.194. The molecule has 0 aliphatic heterocycles. The number of hydrogen-bond donors (Lipinski definition) is 0. The lowest BCUT2D eigenvalue weighted by Gasteiger charge is -2.31. The first-order chi connectivity index (χ1) is 20.1. The fourth-order valence-corrected chi connectivity index (χ4v) is 4.03. The molecule has 0 aromatic carbocycles. The van der Waals surface area contributed by atoms with Crippen molar-refractivity contribution >= 4 is 0 Å². The van der Waals surface area contributed by atoms with Crippen molar-refractivity contribution in [2.45, 2.75) is 238 Å². The third-order valence-corrected chi connectivity index (χ3v) is 9.83. The van der Waals surface area contributed by atoms with Crippen LogP contribution >= 0.6 is 0 Å². The Balaban J connectivity index is -0.000000157. The van der Waals surface area contributed by atoms with Gasteiger partial charge >= 0.3 is 0 Å². The Bertz CT molecular complexity index is 605. The van der Waals surface area contributed by atoms with Gasteiger partial charge in [-0.2, -0.15) is 0 Å². The third kappa shape index (κ3) is 48.4. The summed E-state index contributed by atoms with van der Waals surface area (Å²) in [7, 11) is 0. The van der Waals surface area contributed by atoms with E-state index in [9.17, 15) is 0 Å². The number of rotatable bonds is 11. The van der Waals surface area contributed by atoms with Gasteiger partial charge in [-0.05, 0) is 75.4 Å². The Kier molecular flexibility index (Phi) is 32.3. The monoisotopic (exact) mass is 655 g/mol. The fraction of sp³-hybridized carbons (Fsp3) is 1.00. The van der Waals surface area contributed by atoms with Crippen LogP contribution in [0.25, 0.3) is 0 Å². The van der Waals surface area contributed by atoms with E-state index in [1.54, 1.807) is 0 Å². The standard InChI is InChI=1S/C12H26.2C11H24.C7H16.C5H12/c1-6-7-8-9-10-11(2)12(3,4)5;1-9(2)7-8-10(3)11(4,5)6;1-7-10(8-9(2)3)11(4,5)6;1-6(2)7(3,4)5;1-5(2,3)4/h11H,6-10H2,1-5H3;2*9-10H,7-8H2,1-6H3;6H,1-5H3;1-4H3. The summed E-state index contributed by atoms with van der Waals surface area (Å²) in [6.45, 7) is 59.7. The van der Waals surface area contributed by atoms with Crippen LogP contribution in [0.3, 0.4) is 0 Å². The highest BCUT2D eigenvalue weighted by molar-refractivity contribution is 4.74. The van der Waals surface area contributed by atoms with Gasteiger partial charge in [0, 0.05) is 0 Å². The van der Waals surface area contributed by atoms with Crippen molar-refractivity contribution in [2.75, 3.05) is 0 Å². The highest BCUT2D eigenvalue weighted by atomic mass is 14.3. The molecule has 3 unspecified atom stereocenters. The number of hydrogen-bond acceptors (Lipinski definition) is 0. The Hall–Kier alpha value is 0. The first-order valence-corrected chi connectivity index (χ1v) is 20.1. The fourth-order valence-electron chi connectivity index (χ4n) is 4.03. The predicted octanol–water partition coefficient (Wildman–Crippen LogP) is 17.6. The van der Waals surface area contributed by atoms with Crippen LogP contribution in [0.1, 0.15) is 238 Å². The molecule has 0 rings (SSSR count). The van der Waals surface area contributed by atoms with Crippen LogP contribution in [0.2, 0.25) is 0 Å². The molecule has 0 bridgehead atoms. The summed E-state index contributed by atoms with van der Waals surface area (Å²) in [4.78, 5) is 0. The molecule has 0 nitrogen and oxygen atoms in total. The highest BCUT2D eigenvalue weighted by Gasteiger charge is 2.23. The van der Waals surface area contributed by atoms with E-state index in [2.05, 4.69) is 180 Å². The van der Waals surface area contributed by atoms with Crippen LogP contribution in [-0.2, 0) is 0 Å². The van der Waals surface area contributed by atoms with Crippen molar-refractivity contribution in [1.82, 2.24) is 0 Å². The minimum absolute atomic E-state index is 0.495. The maximum atomic E-state index is 2.38. The normalized spacial score (nSPS) is 14.5. The van der Waals surface area contributed by atoms with Crippen LogP contribution in [0.15, 0.2) is 0 Å². The van der Waals surface area contributed by atoms with Crippen molar-refractivity contribution in [3.63, 3.8) is 0 Å². The Labute approximate surface area is 299 Å². The summed E-state index contributed by atoms with van der Waals surface area (Å²) in [5.74, 6) is 5.12. The van der Waals surface area contributed by atoms with Crippen LogP contribution in [0, 0.1) is 62.6 Å². The molecular formula is C46H102. The second-order valence-corrected chi connectivity index (χ2v) is 22.0. The lowest BCUT2D eigenvalue weighted by molar-refractivity contribution is 0.198. The minimum Gasteiger partial charge on any atom is -0.0654 e. The smallest absolute Gasteiger partial charge is 0.0354 e. The van der Waals surface area contributed by atoms with Gasteiger partial charge in [0.1, 0.15) is 0 Å². The van der Waals surface area contributed by atoms with Gasteiger partial charge in [-0.1, -0.05) is 225 Å². The molecule has 0 saturated carbocycles. The van der Waals surface area contributed by atoms with Gasteiger partial charge in [-0.15, -0.1) is 0 Å². The molecule has 0 heterocycles. The lowest BCUT2D eigenvalue weighted by atomic mass is 9.75. The second kappa shape index (κ2) is 26.8. The van der Waals surface area contributed by atoms with E-state index in [0.29, 0.717) is 27.1 Å². The zero-order valence-electron chi connectivity index (χ0n) is 38.3. The van der Waals surface area contributed by atoms with Crippen LogP contribution < -0.4 is 0 Å². The van der Waals surface area contributed by atoms with E-state index in [1.807, 2.05) is 0 Å². The molecule has 0 heteroatoms. The summed E-state index contributed by atoms with van der Waals surface area (Å²) in [5.41, 5.74) is 2.50. The first kappa shape index (κ1) is 55.4. The molecule has 0 amide bonds. The predicted molar refractivity (Wildman–Crippen MR) is 222 cm³/mol. The molecule has 0 radical (unpaired) electrons. The molecule has 0 spiro atoms. The molecule has 0 aromatic rings. The molecular weight excluding hydrogens is 553 g/mol. The van der Waals surface area contributed by atoms with Gasteiger partial charge in [0.2, 0.25) is 0 Å². The van der Waals surface area contributed by atoms with Gasteiger partial charge in [-0.25, -0.2) is 0 Å². The SMILES string of the molecule is CC(C)(C)C.CC(C)C(C)(C)C.CC(C)CCC(C)C(C)(C)C.CCC(CC(C)C)C(C)(C)C.CCCCCCC(C)C(C)(C)C. The van der Waals surface area contributed by atoms with E-state index in [0.717, 1.165) is 35.5 Å². The van der Waals surface area contributed by atoms with E-state index in [1.165, 1.54) is 57.8 Å². The van der Waals surface area contributed by atoms with Crippen LogP contribution in [0.5, 0.6) is 0 Å². The molecule has 0 N–H and O–H groups in total. The summed E-state index contributed by atoms with van der Waals surface area (Å²) in [6, 6.07) is 0. The maximum absolute atomic E-state index is 2.38. The molecule has 0 aromatic heterocycles. The Morgan fingerprint density at radius 2 is 0.739 bits per heavy atom. The van der Waals surface area contributed by atoms with E-state index in [-0.39, 0.29) is 0 Å². The lowest BCUT2D eigenvalue weighted by Crippen LogP contribution is -2.21. The topological polar surface area (TPSA) is 0 Å². The highest BCUT2D eigenvalue weighted by Crippen LogP contribution is 2.33. The van der Waals surface area contributed by atoms with Crippen LogP contribution in [-0.4, -0.2) is 0 Å².